The molecule has 0 spiro atoms. The van der Waals surface area contributed by atoms with E-state index in [-0.39, 0.29) is 0 Å². The fourth-order valence-electron chi connectivity index (χ4n) is 4.65. The zero-order valence-corrected chi connectivity index (χ0v) is 21.2. The highest BCUT2D eigenvalue weighted by atomic mass is 79.9. The molecule has 2 heteroatoms. The maximum absolute atomic E-state index is 3.72. The Balaban J connectivity index is 1.30. The summed E-state index contributed by atoms with van der Waals surface area (Å²) in [5, 5.41) is 6.16. The van der Waals surface area contributed by atoms with Gasteiger partial charge in [-0.2, -0.15) is 0 Å². The molecule has 1 N–H and O–H groups in total. The average Bonchev–Trinajstić information content (AvgIpc) is 2.95. The van der Waals surface area contributed by atoms with Crippen LogP contribution in [0.4, 0.5) is 11.4 Å². The summed E-state index contributed by atoms with van der Waals surface area (Å²) in [6, 6.07) is 49.4. The van der Waals surface area contributed by atoms with Crippen molar-refractivity contribution in [2.24, 2.45) is 0 Å². The van der Waals surface area contributed by atoms with Crippen LogP contribution >= 0.6 is 15.9 Å². The summed E-state index contributed by atoms with van der Waals surface area (Å²) in [7, 11) is 0. The van der Waals surface area contributed by atoms with Crippen molar-refractivity contribution in [2.45, 2.75) is 0 Å². The van der Waals surface area contributed by atoms with Crippen molar-refractivity contribution >= 4 is 38.1 Å². The molecule has 0 radical (unpaired) electrons. The minimum absolute atomic E-state index is 1.07. The van der Waals surface area contributed by atoms with Crippen molar-refractivity contribution in [2.75, 3.05) is 5.32 Å². The number of fused-ring (bicyclic) bond motifs is 1. The molecule has 0 atom stereocenters. The van der Waals surface area contributed by atoms with Gasteiger partial charge in [0.25, 0.3) is 0 Å². The van der Waals surface area contributed by atoms with Gasteiger partial charge in [0.2, 0.25) is 0 Å². The second-order valence-corrected chi connectivity index (χ2v) is 9.78. The number of rotatable bonds is 5. The van der Waals surface area contributed by atoms with Crippen LogP contribution in [0.15, 0.2) is 144 Å². The maximum atomic E-state index is 3.72. The normalized spacial score (nSPS) is 10.9. The highest BCUT2D eigenvalue weighted by Crippen LogP contribution is 2.37. The Morgan fingerprint density at radius 1 is 0.417 bits per heavy atom. The van der Waals surface area contributed by atoms with E-state index in [1.54, 1.807) is 0 Å². The number of hydrogen-bond donors (Lipinski definition) is 1. The highest BCUT2D eigenvalue weighted by Gasteiger charge is 2.10. The molecule has 0 aliphatic heterocycles. The molecule has 0 saturated carbocycles. The lowest BCUT2D eigenvalue weighted by atomic mass is 9.97. The molecule has 1 nitrogen and oxygen atoms in total. The van der Waals surface area contributed by atoms with Crippen molar-refractivity contribution < 1.29 is 0 Å². The van der Waals surface area contributed by atoms with E-state index in [1.807, 2.05) is 0 Å². The fraction of sp³-hybridized carbons (Fsp3) is 0. The van der Waals surface area contributed by atoms with Crippen molar-refractivity contribution in [3.63, 3.8) is 0 Å². The van der Waals surface area contributed by atoms with E-state index in [0.29, 0.717) is 0 Å². The molecule has 172 valence electrons. The van der Waals surface area contributed by atoms with Gasteiger partial charge < -0.3 is 5.32 Å². The summed E-state index contributed by atoms with van der Waals surface area (Å²) in [6.45, 7) is 0. The van der Waals surface area contributed by atoms with Crippen molar-refractivity contribution in [1.29, 1.82) is 0 Å². The molecule has 6 rings (SSSR count). The van der Waals surface area contributed by atoms with Gasteiger partial charge in [-0.3, -0.25) is 0 Å². The number of hydrogen-bond acceptors (Lipinski definition) is 1. The molecule has 0 heterocycles. The first-order chi connectivity index (χ1) is 17.7. The van der Waals surface area contributed by atoms with E-state index in [9.17, 15) is 0 Å². The van der Waals surface area contributed by atoms with Crippen molar-refractivity contribution in [3.05, 3.63) is 144 Å². The predicted molar refractivity (Wildman–Crippen MR) is 158 cm³/mol. The van der Waals surface area contributed by atoms with Gasteiger partial charge in [-0.05, 0) is 57.5 Å². The molecule has 0 aliphatic rings. The third kappa shape index (κ3) is 4.56. The van der Waals surface area contributed by atoms with E-state index < -0.39 is 0 Å². The van der Waals surface area contributed by atoms with E-state index in [2.05, 4.69) is 161 Å². The van der Waals surface area contributed by atoms with E-state index in [4.69, 9.17) is 0 Å². The Kier molecular flexibility index (Phi) is 6.11. The lowest BCUT2D eigenvalue weighted by Crippen LogP contribution is -1.95. The van der Waals surface area contributed by atoms with Crippen LogP contribution in [0, 0.1) is 0 Å². The minimum Gasteiger partial charge on any atom is -0.355 e. The van der Waals surface area contributed by atoms with Crippen LogP contribution in [-0.4, -0.2) is 0 Å². The molecule has 6 aromatic carbocycles. The summed E-state index contributed by atoms with van der Waals surface area (Å²) in [6.07, 6.45) is 0. The smallest absolute Gasteiger partial charge is 0.0543 e. The molecule has 0 aliphatic carbocycles. The largest absolute Gasteiger partial charge is 0.355 e. The molecule has 0 bridgehead atoms. The quantitative estimate of drug-likeness (QED) is 0.236. The zero-order chi connectivity index (χ0) is 24.3. The van der Waals surface area contributed by atoms with Gasteiger partial charge in [-0.15, -0.1) is 0 Å². The lowest BCUT2D eigenvalue weighted by Gasteiger charge is -2.16. The van der Waals surface area contributed by atoms with Crippen molar-refractivity contribution in [1.82, 2.24) is 0 Å². The number of halogens is 1. The van der Waals surface area contributed by atoms with E-state index >= 15 is 0 Å². The van der Waals surface area contributed by atoms with Gasteiger partial charge in [-0.1, -0.05) is 131 Å². The lowest BCUT2D eigenvalue weighted by molar-refractivity contribution is 1.54. The summed E-state index contributed by atoms with van der Waals surface area (Å²) < 4.78 is 1.09. The third-order valence-electron chi connectivity index (χ3n) is 6.56. The fourth-order valence-corrected chi connectivity index (χ4v) is 4.92. The van der Waals surface area contributed by atoms with Gasteiger partial charge in [-0.25, -0.2) is 0 Å². The molecule has 36 heavy (non-hydrogen) atoms. The van der Waals surface area contributed by atoms with Gasteiger partial charge >= 0.3 is 0 Å². The summed E-state index contributed by atoms with van der Waals surface area (Å²) in [5.74, 6) is 0. The molecule has 0 aromatic heterocycles. The van der Waals surface area contributed by atoms with Crippen LogP contribution in [0.1, 0.15) is 0 Å². The molecule has 0 fully saturated rings. The Morgan fingerprint density at radius 3 is 1.58 bits per heavy atom. The van der Waals surface area contributed by atoms with E-state index in [0.717, 1.165) is 15.8 Å². The van der Waals surface area contributed by atoms with Gasteiger partial charge in [0.05, 0.1) is 5.69 Å². The van der Waals surface area contributed by atoms with Crippen LogP contribution in [-0.2, 0) is 0 Å². The zero-order valence-electron chi connectivity index (χ0n) is 19.7. The minimum atomic E-state index is 1.07. The predicted octanol–water partition coefficient (Wildman–Crippen LogP) is 10.3. The summed E-state index contributed by atoms with van der Waals surface area (Å²) in [5.41, 5.74) is 9.43. The number of anilines is 2. The Bertz CT molecular complexity index is 1620. The second kappa shape index (κ2) is 9.85. The number of nitrogens with one attached hydrogen (secondary N) is 1. The van der Waals surface area contributed by atoms with Crippen molar-refractivity contribution in [3.8, 4) is 33.4 Å². The second-order valence-electron chi connectivity index (χ2n) is 8.86. The first kappa shape index (κ1) is 22.3. The van der Waals surface area contributed by atoms with Crippen LogP contribution in [0.2, 0.25) is 0 Å². The van der Waals surface area contributed by atoms with Crippen LogP contribution < -0.4 is 5.32 Å². The van der Waals surface area contributed by atoms with Gasteiger partial charge in [0.1, 0.15) is 0 Å². The van der Waals surface area contributed by atoms with Gasteiger partial charge in [0, 0.05) is 21.1 Å². The SMILES string of the molecule is Brc1ccc(-c2ccc(-c3ccc(Nc4c(-c5ccccc5)ccc5ccccc45)cc3)cc2)cc1. The first-order valence-corrected chi connectivity index (χ1v) is 12.8. The molecule has 0 unspecified atom stereocenters. The highest BCUT2D eigenvalue weighted by molar-refractivity contribution is 9.10. The van der Waals surface area contributed by atoms with Crippen LogP contribution in [0.25, 0.3) is 44.2 Å². The summed E-state index contributed by atoms with van der Waals surface area (Å²) >= 11 is 3.51. The third-order valence-corrected chi connectivity index (χ3v) is 7.09. The Hall–Kier alpha value is -4.14. The molecular formula is C34H24BrN. The first-order valence-electron chi connectivity index (χ1n) is 12.1. The van der Waals surface area contributed by atoms with E-state index in [1.165, 1.54) is 44.2 Å². The standard InChI is InChI=1S/C34H24BrN/c35-30-19-14-26(15-20-30)24-10-12-25(13-11-24)27-16-21-31(22-17-27)36-34-32-9-5-4-8-29(32)18-23-33(34)28-6-2-1-3-7-28/h1-23,36H. The molecule has 6 aromatic rings. The van der Waals surface area contributed by atoms with Gasteiger partial charge in [0.15, 0.2) is 0 Å². The Labute approximate surface area is 220 Å². The van der Waals surface area contributed by atoms with Crippen LogP contribution in [0.5, 0.6) is 0 Å². The number of benzene rings is 6. The molecule has 0 amide bonds. The summed E-state index contributed by atoms with van der Waals surface area (Å²) in [4.78, 5) is 0. The van der Waals surface area contributed by atoms with Crippen LogP contribution in [0.3, 0.4) is 0 Å². The average molecular weight is 526 g/mol. The molecular weight excluding hydrogens is 502 g/mol. The molecule has 0 saturated heterocycles. The monoisotopic (exact) mass is 525 g/mol. The maximum Gasteiger partial charge on any atom is 0.0543 e. The Morgan fingerprint density at radius 2 is 0.944 bits per heavy atom. The topological polar surface area (TPSA) is 12.0 Å².